The summed E-state index contributed by atoms with van der Waals surface area (Å²) in [5.74, 6) is -0.474. The molecule has 0 bridgehead atoms. The molecule has 1 aliphatic rings. The number of aromatic nitrogens is 1. The molecule has 116 valence electrons. The van der Waals surface area contributed by atoms with Gasteiger partial charge in [-0.1, -0.05) is 12.1 Å². The molecule has 0 spiro atoms. The highest BCUT2D eigenvalue weighted by molar-refractivity contribution is 7.90. The van der Waals surface area contributed by atoms with Crippen LogP contribution in [0.1, 0.15) is 27.3 Å². The first-order valence-corrected chi connectivity index (χ1v) is 7.94. The van der Waals surface area contributed by atoms with Gasteiger partial charge in [-0.25, -0.2) is 12.7 Å². The Morgan fingerprint density at radius 3 is 2.27 bits per heavy atom. The topological polar surface area (TPSA) is 67.3 Å². The van der Waals surface area contributed by atoms with Gasteiger partial charge in [0.05, 0.1) is 12.1 Å². The molecule has 0 atom stereocenters. The zero-order chi connectivity index (χ0) is 15.2. The van der Waals surface area contributed by atoms with Crippen LogP contribution in [-0.2, 0) is 16.6 Å². The van der Waals surface area contributed by atoms with Crippen molar-refractivity contribution in [3.8, 4) is 0 Å². The Bertz CT molecular complexity index is 829. The Labute approximate surface area is 135 Å². The second-order valence-corrected chi connectivity index (χ2v) is 6.90. The molecular weight excluding hydrogens is 324 g/mol. The second-order valence-electron chi connectivity index (χ2n) is 5.07. The lowest BCUT2D eigenvalue weighted by molar-refractivity contribution is 0.0865. The van der Waals surface area contributed by atoms with Crippen molar-refractivity contribution < 1.29 is 13.2 Å². The van der Waals surface area contributed by atoms with Crippen LogP contribution in [-0.4, -0.2) is 23.6 Å². The fourth-order valence-corrected chi connectivity index (χ4v) is 4.12. The minimum Gasteiger partial charge on any atom is -0.268 e. The van der Waals surface area contributed by atoms with Gasteiger partial charge < -0.3 is 0 Å². The van der Waals surface area contributed by atoms with E-state index in [2.05, 4.69) is 4.98 Å². The molecule has 0 unspecified atom stereocenters. The standard InChI is InChI=1S/C15H14N2O3S.ClH/c1-10-7-12(8-11(2)16-10)9-17-15(18)13-5-3-4-6-14(13)21(17,19)20;/h3-8H,9H2,1-2H3;1H. The van der Waals surface area contributed by atoms with Crippen LogP contribution in [0.25, 0.3) is 0 Å². The zero-order valence-electron chi connectivity index (χ0n) is 12.1. The summed E-state index contributed by atoms with van der Waals surface area (Å²) in [6, 6.07) is 9.87. The highest BCUT2D eigenvalue weighted by Gasteiger charge is 2.40. The van der Waals surface area contributed by atoms with E-state index in [1.54, 1.807) is 24.3 Å². The van der Waals surface area contributed by atoms with Gasteiger partial charge in [0.25, 0.3) is 15.9 Å². The lowest BCUT2D eigenvalue weighted by Gasteiger charge is -2.15. The molecule has 7 heteroatoms. The molecule has 0 saturated carbocycles. The van der Waals surface area contributed by atoms with Crippen molar-refractivity contribution >= 4 is 28.3 Å². The van der Waals surface area contributed by atoms with E-state index in [9.17, 15) is 13.2 Å². The molecule has 2 heterocycles. The van der Waals surface area contributed by atoms with E-state index in [1.165, 1.54) is 12.1 Å². The maximum Gasteiger partial charge on any atom is 0.269 e. The van der Waals surface area contributed by atoms with E-state index in [1.807, 2.05) is 13.8 Å². The molecule has 2 aromatic rings. The summed E-state index contributed by atoms with van der Waals surface area (Å²) in [4.78, 5) is 16.6. The predicted octanol–water partition coefficient (Wildman–Crippen LogP) is 2.46. The molecule has 0 radical (unpaired) electrons. The maximum absolute atomic E-state index is 12.5. The average molecular weight is 339 g/mol. The van der Waals surface area contributed by atoms with Gasteiger partial charge in [-0.3, -0.25) is 9.78 Å². The van der Waals surface area contributed by atoms with Crippen LogP contribution in [0.3, 0.4) is 0 Å². The number of amides is 1. The SMILES string of the molecule is Cc1cc(CN2C(=O)c3ccccc3S2(=O)=O)cc(C)n1.Cl. The third-order valence-electron chi connectivity index (χ3n) is 3.38. The first-order valence-electron chi connectivity index (χ1n) is 6.50. The van der Waals surface area contributed by atoms with Crippen LogP contribution in [0, 0.1) is 13.8 Å². The molecule has 1 aromatic heterocycles. The maximum atomic E-state index is 12.5. The van der Waals surface area contributed by atoms with E-state index in [0.29, 0.717) is 0 Å². The van der Waals surface area contributed by atoms with Crippen molar-refractivity contribution in [1.82, 2.24) is 9.29 Å². The monoisotopic (exact) mass is 338 g/mol. The normalized spacial score (nSPS) is 15.4. The summed E-state index contributed by atoms with van der Waals surface area (Å²) < 4.78 is 25.8. The van der Waals surface area contributed by atoms with Gasteiger partial charge in [-0.2, -0.15) is 0 Å². The van der Waals surface area contributed by atoms with Crippen LogP contribution in [0.2, 0.25) is 0 Å². The molecule has 1 amide bonds. The number of hydrogen-bond acceptors (Lipinski definition) is 4. The molecule has 1 aromatic carbocycles. The van der Waals surface area contributed by atoms with Gasteiger partial charge in [0.2, 0.25) is 0 Å². The van der Waals surface area contributed by atoms with Gasteiger partial charge in [0.1, 0.15) is 4.90 Å². The third-order valence-corrected chi connectivity index (χ3v) is 5.17. The minimum absolute atomic E-state index is 0. The van der Waals surface area contributed by atoms with Crippen LogP contribution in [0.15, 0.2) is 41.3 Å². The molecule has 5 nitrogen and oxygen atoms in total. The molecule has 1 aliphatic heterocycles. The number of nitrogens with zero attached hydrogens (tertiary/aromatic N) is 2. The number of fused-ring (bicyclic) bond motifs is 1. The second kappa shape index (κ2) is 5.70. The smallest absolute Gasteiger partial charge is 0.268 e. The Kier molecular flexibility index (Phi) is 4.26. The molecular formula is C15H15ClN2O3S. The first kappa shape index (κ1) is 16.5. The van der Waals surface area contributed by atoms with Gasteiger partial charge in [-0.05, 0) is 43.7 Å². The summed E-state index contributed by atoms with van der Waals surface area (Å²) in [5.41, 5.74) is 2.59. The van der Waals surface area contributed by atoms with Crippen molar-refractivity contribution in [2.75, 3.05) is 0 Å². The Morgan fingerprint density at radius 2 is 1.68 bits per heavy atom. The highest BCUT2D eigenvalue weighted by atomic mass is 35.5. The van der Waals surface area contributed by atoms with E-state index < -0.39 is 15.9 Å². The molecule has 0 aliphatic carbocycles. The average Bonchev–Trinajstić information content (AvgIpc) is 2.60. The summed E-state index contributed by atoms with van der Waals surface area (Å²) >= 11 is 0. The fraction of sp³-hybridized carbons (Fsp3) is 0.200. The number of benzene rings is 1. The predicted molar refractivity (Wildman–Crippen MR) is 84.5 cm³/mol. The number of sulfonamides is 1. The van der Waals surface area contributed by atoms with Crippen molar-refractivity contribution in [1.29, 1.82) is 0 Å². The number of carbonyl (C=O) groups is 1. The Morgan fingerprint density at radius 1 is 1.09 bits per heavy atom. The number of rotatable bonds is 2. The number of hydrogen-bond donors (Lipinski definition) is 0. The number of carbonyl (C=O) groups excluding carboxylic acids is 1. The lowest BCUT2D eigenvalue weighted by atomic mass is 10.2. The van der Waals surface area contributed by atoms with Crippen molar-refractivity contribution in [3.63, 3.8) is 0 Å². The summed E-state index contributed by atoms with van der Waals surface area (Å²) in [5, 5.41) is 0. The zero-order valence-corrected chi connectivity index (χ0v) is 13.7. The number of pyridine rings is 1. The molecule has 22 heavy (non-hydrogen) atoms. The quantitative estimate of drug-likeness (QED) is 0.843. The largest absolute Gasteiger partial charge is 0.269 e. The lowest BCUT2D eigenvalue weighted by Crippen LogP contribution is -2.29. The molecule has 3 rings (SSSR count). The van der Waals surface area contributed by atoms with E-state index in [4.69, 9.17) is 0 Å². The van der Waals surface area contributed by atoms with Crippen LogP contribution in [0.4, 0.5) is 0 Å². The highest BCUT2D eigenvalue weighted by Crippen LogP contribution is 2.31. The van der Waals surface area contributed by atoms with Crippen molar-refractivity contribution in [3.05, 3.63) is 58.9 Å². The molecule has 0 fully saturated rings. The van der Waals surface area contributed by atoms with Crippen LogP contribution < -0.4 is 0 Å². The van der Waals surface area contributed by atoms with Crippen LogP contribution >= 0.6 is 12.4 Å². The van der Waals surface area contributed by atoms with Gasteiger partial charge >= 0.3 is 0 Å². The molecule has 0 saturated heterocycles. The van der Waals surface area contributed by atoms with Crippen molar-refractivity contribution in [2.24, 2.45) is 0 Å². The Hall–Kier alpha value is -1.92. The van der Waals surface area contributed by atoms with E-state index in [-0.39, 0.29) is 29.4 Å². The summed E-state index contributed by atoms with van der Waals surface area (Å²) in [6.45, 7) is 3.71. The summed E-state index contributed by atoms with van der Waals surface area (Å²) in [6.07, 6.45) is 0. The molecule has 0 N–H and O–H groups in total. The fourth-order valence-electron chi connectivity index (χ4n) is 2.57. The number of halogens is 1. The first-order chi connectivity index (χ1) is 9.89. The Balaban J connectivity index is 0.00000176. The number of aryl methyl sites for hydroxylation is 2. The van der Waals surface area contributed by atoms with E-state index in [0.717, 1.165) is 21.3 Å². The van der Waals surface area contributed by atoms with Gasteiger partial charge in [0.15, 0.2) is 0 Å². The van der Waals surface area contributed by atoms with Crippen molar-refractivity contribution in [2.45, 2.75) is 25.3 Å². The third kappa shape index (κ3) is 2.60. The van der Waals surface area contributed by atoms with E-state index >= 15 is 0 Å². The van der Waals surface area contributed by atoms with Gasteiger partial charge in [-0.15, -0.1) is 12.4 Å². The van der Waals surface area contributed by atoms with Crippen LogP contribution in [0.5, 0.6) is 0 Å². The summed E-state index contributed by atoms with van der Waals surface area (Å²) in [7, 11) is -3.76. The minimum atomic E-state index is -3.76. The van der Waals surface area contributed by atoms with Gasteiger partial charge in [0, 0.05) is 11.4 Å².